The Morgan fingerprint density at radius 1 is 1.06 bits per heavy atom. The average molecular weight is 256 g/mol. The third-order valence-corrected chi connectivity index (χ3v) is 3.86. The summed E-state index contributed by atoms with van der Waals surface area (Å²) in [7, 11) is -4.00. The summed E-state index contributed by atoms with van der Waals surface area (Å²) >= 11 is 0. The Morgan fingerprint density at radius 2 is 1.65 bits per heavy atom. The van der Waals surface area contributed by atoms with Crippen molar-refractivity contribution in [3.8, 4) is 0 Å². The Balaban J connectivity index is 0.000000134. The van der Waals surface area contributed by atoms with Gasteiger partial charge in [0.15, 0.2) is 0 Å². The highest BCUT2D eigenvalue weighted by Crippen LogP contribution is 2.39. The number of benzene rings is 1. The summed E-state index contributed by atoms with van der Waals surface area (Å²) < 4.78 is 34.3. The fraction of sp³-hybridized carbons (Fsp3) is 0.500. The predicted octanol–water partition coefficient (Wildman–Crippen LogP) is 1.98. The molecule has 1 heterocycles. The van der Waals surface area contributed by atoms with E-state index in [1.165, 1.54) is 25.0 Å². The summed E-state index contributed by atoms with van der Waals surface area (Å²) in [6, 6.07) is 7.42. The zero-order valence-corrected chi connectivity index (χ0v) is 10.3. The second-order valence-electron chi connectivity index (χ2n) is 4.42. The largest absolute Gasteiger partial charge is 0.381 e. The van der Waals surface area contributed by atoms with E-state index in [0.29, 0.717) is 0 Å². The van der Waals surface area contributed by atoms with E-state index in [1.54, 1.807) is 18.2 Å². The summed E-state index contributed by atoms with van der Waals surface area (Å²) in [5, 5.41) is 0. The molecule has 3 rings (SSSR count). The maximum atomic E-state index is 10.4. The lowest BCUT2D eigenvalue weighted by molar-refractivity contribution is -0.0424. The number of hydrogen-bond acceptors (Lipinski definition) is 3. The van der Waals surface area contributed by atoms with Crippen LogP contribution < -0.4 is 0 Å². The average Bonchev–Trinajstić information content (AvgIpc) is 3.01. The van der Waals surface area contributed by atoms with Crippen LogP contribution >= 0.6 is 0 Å². The molecule has 0 bridgehead atoms. The first-order valence-electron chi connectivity index (χ1n) is 5.67. The minimum Gasteiger partial charge on any atom is -0.381 e. The van der Waals surface area contributed by atoms with E-state index in [1.807, 2.05) is 0 Å². The summed E-state index contributed by atoms with van der Waals surface area (Å²) in [5.41, 5.74) is 0. The molecule has 2 fully saturated rings. The van der Waals surface area contributed by atoms with Crippen LogP contribution in [0.25, 0.3) is 0 Å². The summed E-state index contributed by atoms with van der Waals surface area (Å²) in [6.07, 6.45) is 2.96. The molecule has 1 aliphatic heterocycles. The third-order valence-electron chi connectivity index (χ3n) is 2.99. The van der Waals surface area contributed by atoms with Crippen LogP contribution in [-0.2, 0) is 14.9 Å². The molecule has 94 valence electrons. The molecule has 0 amide bonds. The molecule has 4 nitrogen and oxygen atoms in total. The van der Waals surface area contributed by atoms with Crippen LogP contribution in [0.5, 0.6) is 0 Å². The van der Waals surface area contributed by atoms with Crippen molar-refractivity contribution in [2.75, 3.05) is 13.2 Å². The summed E-state index contributed by atoms with van der Waals surface area (Å²) in [6.45, 7) is 2.12. The molecule has 1 aromatic rings. The van der Waals surface area contributed by atoms with Crippen molar-refractivity contribution >= 4 is 10.1 Å². The number of rotatable bonds is 2. The molecule has 1 aromatic carbocycles. The van der Waals surface area contributed by atoms with Gasteiger partial charge in [0.25, 0.3) is 10.1 Å². The first-order chi connectivity index (χ1) is 8.07. The first-order valence-corrected chi connectivity index (χ1v) is 7.11. The van der Waals surface area contributed by atoms with Gasteiger partial charge in [0.2, 0.25) is 0 Å². The molecular weight excluding hydrogens is 240 g/mol. The van der Waals surface area contributed by atoms with Crippen LogP contribution in [0.3, 0.4) is 0 Å². The van der Waals surface area contributed by atoms with Crippen molar-refractivity contribution in [2.45, 2.75) is 17.7 Å². The van der Waals surface area contributed by atoms with E-state index < -0.39 is 10.1 Å². The second-order valence-corrected chi connectivity index (χ2v) is 5.84. The van der Waals surface area contributed by atoms with Gasteiger partial charge in [-0.1, -0.05) is 18.2 Å². The highest BCUT2D eigenvalue weighted by Gasteiger charge is 2.35. The Kier molecular flexibility index (Phi) is 3.81. The van der Waals surface area contributed by atoms with Gasteiger partial charge >= 0.3 is 0 Å². The van der Waals surface area contributed by atoms with Gasteiger partial charge in [-0.05, 0) is 30.9 Å². The van der Waals surface area contributed by atoms with Crippen molar-refractivity contribution in [1.29, 1.82) is 0 Å². The zero-order chi connectivity index (χ0) is 12.3. The highest BCUT2D eigenvalue weighted by atomic mass is 32.2. The maximum Gasteiger partial charge on any atom is 0.294 e. The fourth-order valence-corrected chi connectivity index (χ4v) is 2.19. The van der Waals surface area contributed by atoms with Gasteiger partial charge in [0.1, 0.15) is 0 Å². The van der Waals surface area contributed by atoms with Gasteiger partial charge in [0, 0.05) is 5.92 Å². The molecule has 17 heavy (non-hydrogen) atoms. The minimum atomic E-state index is -4.00. The topological polar surface area (TPSA) is 63.6 Å². The van der Waals surface area contributed by atoms with E-state index >= 15 is 0 Å². The Labute approximate surface area is 101 Å². The minimum absolute atomic E-state index is 0.0741. The Hall–Kier alpha value is -0.910. The lowest BCUT2D eigenvalue weighted by Gasteiger charge is -2.25. The third kappa shape index (κ3) is 3.80. The van der Waals surface area contributed by atoms with Gasteiger partial charge in [0.05, 0.1) is 18.1 Å². The molecule has 0 aromatic heterocycles. The number of hydrogen-bond donors (Lipinski definition) is 1. The van der Waals surface area contributed by atoms with Crippen molar-refractivity contribution in [1.82, 2.24) is 0 Å². The van der Waals surface area contributed by atoms with Crippen molar-refractivity contribution in [3.05, 3.63) is 30.3 Å². The van der Waals surface area contributed by atoms with E-state index in [-0.39, 0.29) is 4.90 Å². The molecule has 0 spiro atoms. The normalized spacial score (nSPS) is 20.1. The molecule has 1 saturated heterocycles. The number of ether oxygens (including phenoxy) is 1. The molecule has 5 heteroatoms. The molecule has 1 N–H and O–H groups in total. The smallest absolute Gasteiger partial charge is 0.294 e. The zero-order valence-electron chi connectivity index (χ0n) is 9.45. The summed E-state index contributed by atoms with van der Waals surface area (Å²) in [4.78, 5) is -0.0741. The fourth-order valence-electron chi connectivity index (χ4n) is 1.69. The van der Waals surface area contributed by atoms with Crippen LogP contribution in [0.15, 0.2) is 35.2 Å². The second kappa shape index (κ2) is 5.16. The maximum absolute atomic E-state index is 10.4. The van der Waals surface area contributed by atoms with Gasteiger partial charge in [-0.25, -0.2) is 0 Å². The molecule has 0 unspecified atom stereocenters. The van der Waals surface area contributed by atoms with Gasteiger partial charge in [-0.2, -0.15) is 8.42 Å². The molecular formula is C12H16O4S. The van der Waals surface area contributed by atoms with Crippen molar-refractivity contribution in [2.24, 2.45) is 11.8 Å². The van der Waals surface area contributed by atoms with E-state index in [2.05, 4.69) is 0 Å². The highest BCUT2D eigenvalue weighted by molar-refractivity contribution is 7.85. The van der Waals surface area contributed by atoms with Gasteiger partial charge in [-0.3, -0.25) is 4.55 Å². The molecule has 0 atom stereocenters. The van der Waals surface area contributed by atoms with Crippen molar-refractivity contribution < 1.29 is 17.7 Å². The van der Waals surface area contributed by atoms with Gasteiger partial charge < -0.3 is 4.74 Å². The molecule has 1 saturated carbocycles. The Bertz CT molecular complexity index is 447. The standard InChI is InChI=1S/C6H6O3S.C6H10O/c7-10(8,9)6-4-2-1-3-5-6;1-2-5(1)6-3-7-4-6/h1-5H,(H,7,8,9);5-6H,1-4H2. The monoisotopic (exact) mass is 256 g/mol. The van der Waals surface area contributed by atoms with Crippen LogP contribution in [0, 0.1) is 11.8 Å². The van der Waals surface area contributed by atoms with Crippen LogP contribution in [-0.4, -0.2) is 26.2 Å². The van der Waals surface area contributed by atoms with E-state index in [4.69, 9.17) is 9.29 Å². The molecule has 0 radical (unpaired) electrons. The predicted molar refractivity (Wildman–Crippen MR) is 63.3 cm³/mol. The van der Waals surface area contributed by atoms with E-state index in [9.17, 15) is 8.42 Å². The molecule has 1 aliphatic carbocycles. The molecule has 2 aliphatic rings. The SMILES string of the molecule is C1CC1C1COC1.O=S(=O)(O)c1ccccc1. The van der Waals surface area contributed by atoms with Crippen LogP contribution in [0.4, 0.5) is 0 Å². The van der Waals surface area contributed by atoms with Crippen molar-refractivity contribution in [3.63, 3.8) is 0 Å². The van der Waals surface area contributed by atoms with Crippen LogP contribution in [0.2, 0.25) is 0 Å². The van der Waals surface area contributed by atoms with Gasteiger partial charge in [-0.15, -0.1) is 0 Å². The Morgan fingerprint density at radius 3 is 1.88 bits per heavy atom. The lowest BCUT2D eigenvalue weighted by atomic mass is 10.0. The quantitative estimate of drug-likeness (QED) is 0.822. The van der Waals surface area contributed by atoms with Crippen LogP contribution in [0.1, 0.15) is 12.8 Å². The first kappa shape index (κ1) is 12.5. The van der Waals surface area contributed by atoms with E-state index in [0.717, 1.165) is 25.0 Å². The lowest BCUT2D eigenvalue weighted by Crippen LogP contribution is -2.28. The summed E-state index contributed by atoms with van der Waals surface area (Å²) in [5.74, 6) is 2.05.